The molecule has 1 aliphatic rings. The lowest BCUT2D eigenvalue weighted by Gasteiger charge is -2.25. The zero-order valence-electron chi connectivity index (χ0n) is 19.0. The number of hydrogen-bond donors (Lipinski definition) is 1. The highest BCUT2D eigenvalue weighted by Gasteiger charge is 2.35. The molecule has 1 unspecified atom stereocenters. The number of carbonyl (C=O) groups excluding carboxylic acids is 1. The van der Waals surface area contributed by atoms with E-state index in [-0.39, 0.29) is 33.0 Å². The number of amides is 1. The van der Waals surface area contributed by atoms with Gasteiger partial charge in [0.1, 0.15) is 18.6 Å². The van der Waals surface area contributed by atoms with E-state index in [2.05, 4.69) is 5.43 Å². The Morgan fingerprint density at radius 2 is 1.91 bits per heavy atom. The first-order chi connectivity index (χ1) is 16.4. The maximum absolute atomic E-state index is 12.7. The first-order valence-corrected chi connectivity index (χ1v) is 11.0. The van der Waals surface area contributed by atoms with Gasteiger partial charge in [-0.1, -0.05) is 23.2 Å². The van der Waals surface area contributed by atoms with E-state index in [1.807, 2.05) is 0 Å². The Kier molecular flexibility index (Phi) is 9.63. The predicted octanol–water partition coefficient (Wildman–Crippen LogP) is 3.72. The van der Waals surface area contributed by atoms with Gasteiger partial charge in [0.15, 0.2) is 5.82 Å². The molecule has 0 saturated carbocycles. The summed E-state index contributed by atoms with van der Waals surface area (Å²) in [4.78, 5) is 22.9. The van der Waals surface area contributed by atoms with Gasteiger partial charge >= 0.3 is 6.09 Å². The Hall–Kier alpha value is -2.28. The summed E-state index contributed by atoms with van der Waals surface area (Å²) in [5.74, 6) is 0.364. The lowest BCUT2D eigenvalue weighted by Crippen LogP contribution is -2.39. The van der Waals surface area contributed by atoms with E-state index in [4.69, 9.17) is 52.1 Å². The number of alkyl halides is 1. The number of anilines is 1. The van der Waals surface area contributed by atoms with Crippen molar-refractivity contribution >= 4 is 35.1 Å². The number of hydrazine groups is 1. The predicted molar refractivity (Wildman–Crippen MR) is 124 cm³/mol. The maximum atomic E-state index is 12.7. The van der Waals surface area contributed by atoms with Crippen LogP contribution in [0, 0.1) is 0 Å². The fourth-order valence-electron chi connectivity index (χ4n) is 3.41. The molecule has 1 aromatic carbocycles. The van der Waals surface area contributed by atoms with Gasteiger partial charge in [-0.25, -0.2) is 19.2 Å². The first kappa shape index (κ1) is 26.3. The highest BCUT2D eigenvalue weighted by molar-refractivity contribution is 6.36. The molecule has 3 rings (SSSR count). The van der Waals surface area contributed by atoms with Crippen LogP contribution in [0.2, 0.25) is 10.0 Å². The fraction of sp³-hybridized carbons (Fsp3) is 0.476. The Balaban J connectivity index is 1.99. The summed E-state index contributed by atoms with van der Waals surface area (Å²) in [6.07, 6.45) is -1.17. The molecule has 2 heterocycles. The van der Waals surface area contributed by atoms with Crippen molar-refractivity contribution in [2.75, 3.05) is 53.3 Å². The van der Waals surface area contributed by atoms with Crippen molar-refractivity contribution in [3.8, 4) is 11.3 Å². The Morgan fingerprint density at radius 3 is 2.56 bits per heavy atom. The number of nitrogens with zero attached hydrogens (tertiary/aromatic N) is 4. The molecular formula is C21H26Cl2FN5O5. The van der Waals surface area contributed by atoms with Crippen LogP contribution in [-0.2, 0) is 32.2 Å². The van der Waals surface area contributed by atoms with E-state index < -0.39 is 19.0 Å². The summed E-state index contributed by atoms with van der Waals surface area (Å²) in [6.45, 7) is -0.216. The van der Waals surface area contributed by atoms with E-state index in [1.165, 1.54) is 19.1 Å². The van der Waals surface area contributed by atoms with E-state index in [1.54, 1.807) is 30.3 Å². The van der Waals surface area contributed by atoms with Gasteiger partial charge in [-0.2, -0.15) is 5.01 Å². The van der Waals surface area contributed by atoms with Crippen LogP contribution < -0.4 is 5.43 Å². The fourth-order valence-corrected chi connectivity index (χ4v) is 3.91. The molecule has 186 valence electrons. The largest absolute Gasteiger partial charge is 0.453 e. The van der Waals surface area contributed by atoms with Crippen LogP contribution in [-0.4, -0.2) is 80.0 Å². The molecule has 1 amide bonds. The number of benzene rings is 1. The number of aromatic nitrogens is 2. The third-order valence-corrected chi connectivity index (χ3v) is 5.45. The van der Waals surface area contributed by atoms with Crippen LogP contribution in [0.1, 0.15) is 11.4 Å². The zero-order valence-corrected chi connectivity index (χ0v) is 20.5. The van der Waals surface area contributed by atoms with Crippen molar-refractivity contribution in [1.82, 2.24) is 19.9 Å². The second kappa shape index (κ2) is 12.4. The molecule has 2 aromatic rings. The summed E-state index contributed by atoms with van der Waals surface area (Å²) in [7, 11) is 4.36. The van der Waals surface area contributed by atoms with Crippen molar-refractivity contribution in [3.63, 3.8) is 0 Å². The van der Waals surface area contributed by atoms with Crippen molar-refractivity contribution in [2.45, 2.75) is 19.4 Å². The van der Waals surface area contributed by atoms with Crippen molar-refractivity contribution in [3.05, 3.63) is 39.6 Å². The molecule has 0 spiro atoms. The highest BCUT2D eigenvalue weighted by atomic mass is 35.5. The Bertz CT molecular complexity index is 1000. The van der Waals surface area contributed by atoms with Gasteiger partial charge in [0.25, 0.3) is 0 Å². The quantitative estimate of drug-likeness (QED) is 0.505. The van der Waals surface area contributed by atoms with Crippen LogP contribution in [0.5, 0.6) is 0 Å². The van der Waals surface area contributed by atoms with Crippen LogP contribution in [0.4, 0.5) is 15.0 Å². The molecule has 1 aromatic heterocycles. The normalized spacial score (nSPS) is 16.2. The number of ether oxygens (including phenoxy) is 4. The maximum Gasteiger partial charge on any atom is 0.410 e. The summed E-state index contributed by atoms with van der Waals surface area (Å²) in [6, 6.07) is 5.09. The van der Waals surface area contributed by atoms with Gasteiger partial charge in [-0.3, -0.25) is 10.3 Å². The molecule has 34 heavy (non-hydrogen) atoms. The van der Waals surface area contributed by atoms with Gasteiger partial charge in [-0.05, 0) is 18.2 Å². The number of rotatable bonds is 10. The molecule has 0 bridgehead atoms. The first-order valence-electron chi connectivity index (χ1n) is 10.3. The summed E-state index contributed by atoms with van der Waals surface area (Å²) in [5, 5.41) is 2.52. The number of carbonyl (C=O) groups is 1. The molecule has 1 N–H and O–H groups in total. The van der Waals surface area contributed by atoms with Crippen molar-refractivity contribution < 1.29 is 28.1 Å². The lowest BCUT2D eigenvalue weighted by molar-refractivity contribution is -0.0216. The summed E-state index contributed by atoms with van der Waals surface area (Å²) in [5.41, 5.74) is 5.28. The number of nitrogens with one attached hydrogen (secondary N) is 1. The minimum Gasteiger partial charge on any atom is -0.453 e. The summed E-state index contributed by atoms with van der Waals surface area (Å²) >= 11 is 12.5. The van der Waals surface area contributed by atoms with Crippen LogP contribution in [0.3, 0.4) is 0 Å². The minimum atomic E-state index is -0.661. The standard InChI is InChI=1S/C21H26Cl2FN5O5/c1-31-10-16-19(14-5-4-13(22)8-15(14)23)25-17(11-32-2)20(26-16)27-29-12-28(21(30)33-3)9-18(29)34-7-6-24/h4-5,8,18H,6-7,9-12H2,1-3H3,(H,26,27). The third-order valence-electron chi connectivity index (χ3n) is 4.91. The Labute approximate surface area is 206 Å². The monoisotopic (exact) mass is 517 g/mol. The lowest BCUT2D eigenvalue weighted by atomic mass is 10.1. The minimum absolute atomic E-state index is 0.113. The van der Waals surface area contributed by atoms with Gasteiger partial charge < -0.3 is 18.9 Å². The van der Waals surface area contributed by atoms with Crippen LogP contribution in [0.15, 0.2) is 18.2 Å². The average molecular weight is 518 g/mol. The number of hydrogen-bond acceptors (Lipinski definition) is 9. The average Bonchev–Trinajstić information content (AvgIpc) is 3.22. The second-order valence-electron chi connectivity index (χ2n) is 7.23. The van der Waals surface area contributed by atoms with Gasteiger partial charge in [-0.15, -0.1) is 0 Å². The van der Waals surface area contributed by atoms with Crippen LogP contribution in [0.25, 0.3) is 11.3 Å². The number of halogens is 3. The van der Waals surface area contributed by atoms with E-state index >= 15 is 0 Å². The molecular weight excluding hydrogens is 492 g/mol. The smallest absolute Gasteiger partial charge is 0.410 e. The van der Waals surface area contributed by atoms with Crippen LogP contribution >= 0.6 is 23.2 Å². The van der Waals surface area contributed by atoms with E-state index in [9.17, 15) is 9.18 Å². The Morgan fingerprint density at radius 1 is 1.18 bits per heavy atom. The molecule has 1 atom stereocenters. The second-order valence-corrected chi connectivity index (χ2v) is 8.08. The highest BCUT2D eigenvalue weighted by Crippen LogP contribution is 2.33. The van der Waals surface area contributed by atoms with Gasteiger partial charge in [0.05, 0.1) is 56.6 Å². The van der Waals surface area contributed by atoms with Crippen molar-refractivity contribution in [2.24, 2.45) is 0 Å². The van der Waals surface area contributed by atoms with Gasteiger partial charge in [0.2, 0.25) is 0 Å². The number of methoxy groups -OCH3 is 3. The molecule has 1 saturated heterocycles. The summed E-state index contributed by atoms with van der Waals surface area (Å²) < 4.78 is 33.8. The molecule has 13 heteroatoms. The van der Waals surface area contributed by atoms with E-state index in [0.717, 1.165) is 0 Å². The molecule has 0 radical (unpaired) electrons. The molecule has 1 aliphatic heterocycles. The zero-order chi connectivity index (χ0) is 24.7. The molecule has 10 nitrogen and oxygen atoms in total. The topological polar surface area (TPSA) is 98.3 Å². The third kappa shape index (κ3) is 6.23. The van der Waals surface area contributed by atoms with Gasteiger partial charge in [0, 0.05) is 24.8 Å². The van der Waals surface area contributed by atoms with E-state index in [0.29, 0.717) is 38.5 Å². The SMILES string of the molecule is COCc1nc(-c2ccc(Cl)cc2Cl)c(COC)nc1NN1CN(C(=O)OC)CC1OCCF. The van der Waals surface area contributed by atoms with Crippen molar-refractivity contribution in [1.29, 1.82) is 0 Å². The molecule has 0 aliphatic carbocycles. The molecule has 1 fully saturated rings.